The Morgan fingerprint density at radius 3 is 1.82 bits per heavy atom. The molecule has 0 saturated heterocycles. The SMILES string of the molecule is CCc1ccc2c(c1CC)C(CC)(CC)C(CC)(CC)[C@@H]2N1C(=O)C=CC1=O. The molecule has 1 aromatic rings. The predicted octanol–water partition coefficient (Wildman–Crippen LogP) is 5.66. The van der Waals surface area contributed by atoms with E-state index in [9.17, 15) is 9.59 Å². The largest absolute Gasteiger partial charge is 0.269 e. The molecule has 0 spiro atoms. The van der Waals surface area contributed by atoms with Crippen LogP contribution in [0.4, 0.5) is 0 Å². The lowest BCUT2D eigenvalue weighted by Gasteiger charge is -2.50. The van der Waals surface area contributed by atoms with Gasteiger partial charge >= 0.3 is 0 Å². The lowest BCUT2D eigenvalue weighted by molar-refractivity contribution is -0.145. The van der Waals surface area contributed by atoms with Crippen LogP contribution in [0, 0.1) is 5.41 Å². The van der Waals surface area contributed by atoms with Crippen molar-refractivity contribution in [2.24, 2.45) is 5.41 Å². The summed E-state index contributed by atoms with van der Waals surface area (Å²) in [5.41, 5.74) is 5.37. The number of nitrogens with zero attached hydrogens (tertiary/aromatic N) is 1. The van der Waals surface area contributed by atoms with E-state index in [1.165, 1.54) is 34.4 Å². The zero-order valence-corrected chi connectivity index (χ0v) is 18.4. The van der Waals surface area contributed by atoms with Crippen LogP contribution in [0.2, 0.25) is 0 Å². The van der Waals surface area contributed by atoms with Crippen molar-refractivity contribution in [3.63, 3.8) is 0 Å². The maximum absolute atomic E-state index is 12.8. The first-order valence-electron chi connectivity index (χ1n) is 11.1. The summed E-state index contributed by atoms with van der Waals surface area (Å²) in [5.74, 6) is -0.319. The van der Waals surface area contributed by atoms with Crippen LogP contribution in [0.1, 0.15) is 95.5 Å². The standard InChI is InChI=1S/C25H35NO2/c1-7-17-13-14-19-22(18(17)8-2)24(9-3,10-4)25(11-5,12-6)23(19)26-20(27)15-16-21(26)28/h13-16,23H,7-12H2,1-6H3/t23-/m1/s1. The Labute approximate surface area is 170 Å². The van der Waals surface area contributed by atoms with Crippen LogP contribution in [0.3, 0.4) is 0 Å². The molecule has 1 atom stereocenters. The molecule has 0 bridgehead atoms. The molecule has 3 heteroatoms. The lowest BCUT2D eigenvalue weighted by atomic mass is 9.56. The summed E-state index contributed by atoms with van der Waals surface area (Å²) >= 11 is 0. The molecular weight excluding hydrogens is 346 g/mol. The van der Waals surface area contributed by atoms with E-state index >= 15 is 0 Å². The van der Waals surface area contributed by atoms with Crippen molar-refractivity contribution < 1.29 is 9.59 Å². The Balaban J connectivity index is 2.42. The Morgan fingerprint density at radius 1 is 0.821 bits per heavy atom. The topological polar surface area (TPSA) is 37.4 Å². The molecular formula is C25H35NO2. The molecule has 0 saturated carbocycles. The number of benzene rings is 1. The van der Waals surface area contributed by atoms with Crippen LogP contribution in [0.15, 0.2) is 24.3 Å². The van der Waals surface area contributed by atoms with Crippen molar-refractivity contribution in [2.45, 2.75) is 91.5 Å². The monoisotopic (exact) mass is 381 g/mol. The molecule has 28 heavy (non-hydrogen) atoms. The number of fused-ring (bicyclic) bond motifs is 1. The van der Waals surface area contributed by atoms with Gasteiger partial charge in [-0.1, -0.05) is 53.7 Å². The third-order valence-electron chi connectivity index (χ3n) is 8.00. The van der Waals surface area contributed by atoms with Crippen LogP contribution >= 0.6 is 0 Å². The third-order valence-corrected chi connectivity index (χ3v) is 8.00. The van der Waals surface area contributed by atoms with Gasteiger partial charge in [-0.05, 0) is 60.8 Å². The fourth-order valence-electron chi connectivity index (χ4n) is 6.72. The van der Waals surface area contributed by atoms with E-state index in [-0.39, 0.29) is 28.7 Å². The van der Waals surface area contributed by atoms with Crippen molar-refractivity contribution in [3.05, 3.63) is 46.5 Å². The molecule has 2 aliphatic rings. The number of aryl methyl sites for hydroxylation is 1. The highest BCUT2D eigenvalue weighted by Gasteiger charge is 2.62. The zero-order chi connectivity index (χ0) is 20.7. The maximum Gasteiger partial charge on any atom is 0.254 e. The van der Waals surface area contributed by atoms with Crippen molar-refractivity contribution >= 4 is 11.8 Å². The zero-order valence-electron chi connectivity index (χ0n) is 18.4. The van der Waals surface area contributed by atoms with Gasteiger partial charge in [0.25, 0.3) is 11.8 Å². The molecule has 0 fully saturated rings. The van der Waals surface area contributed by atoms with Gasteiger partial charge in [-0.3, -0.25) is 14.5 Å². The van der Waals surface area contributed by atoms with E-state index in [1.807, 2.05) is 0 Å². The van der Waals surface area contributed by atoms with Gasteiger partial charge in [0.15, 0.2) is 0 Å². The molecule has 0 radical (unpaired) electrons. The summed E-state index contributed by atoms with van der Waals surface area (Å²) in [6, 6.07) is 4.29. The minimum Gasteiger partial charge on any atom is -0.269 e. The Hall–Kier alpha value is -1.90. The first-order chi connectivity index (χ1) is 13.4. The molecule has 3 nitrogen and oxygen atoms in total. The Morgan fingerprint density at radius 2 is 1.39 bits per heavy atom. The normalized spacial score (nSPS) is 22.2. The molecule has 0 unspecified atom stereocenters. The minimum absolute atomic E-state index is 0.0177. The number of carbonyl (C=O) groups is 2. The molecule has 0 aromatic heterocycles. The Kier molecular flexibility index (Phi) is 5.58. The van der Waals surface area contributed by atoms with Gasteiger partial charge in [-0.2, -0.15) is 0 Å². The molecule has 0 N–H and O–H groups in total. The highest BCUT2D eigenvalue weighted by atomic mass is 16.2. The van der Waals surface area contributed by atoms with Gasteiger partial charge in [-0.25, -0.2) is 0 Å². The average molecular weight is 382 g/mol. The highest BCUT2D eigenvalue weighted by molar-refractivity contribution is 6.13. The number of hydrogen-bond donors (Lipinski definition) is 0. The summed E-state index contributed by atoms with van der Waals surface area (Å²) < 4.78 is 0. The van der Waals surface area contributed by atoms with Crippen molar-refractivity contribution in [2.75, 3.05) is 0 Å². The summed E-state index contributed by atoms with van der Waals surface area (Å²) in [6.07, 6.45) is 8.84. The minimum atomic E-state index is -0.177. The Bertz CT molecular complexity index is 794. The van der Waals surface area contributed by atoms with Crippen LogP contribution in [-0.2, 0) is 27.8 Å². The van der Waals surface area contributed by atoms with Crippen molar-refractivity contribution in [1.29, 1.82) is 0 Å². The molecule has 3 rings (SSSR count). The van der Waals surface area contributed by atoms with Crippen LogP contribution < -0.4 is 0 Å². The third kappa shape index (κ3) is 2.41. The second-order valence-electron chi connectivity index (χ2n) is 8.31. The first-order valence-corrected chi connectivity index (χ1v) is 11.1. The summed E-state index contributed by atoms with van der Waals surface area (Å²) in [5, 5.41) is 0. The van der Waals surface area contributed by atoms with E-state index in [0.29, 0.717) is 0 Å². The van der Waals surface area contributed by atoms with Gasteiger partial charge in [-0.15, -0.1) is 0 Å². The van der Waals surface area contributed by atoms with Crippen LogP contribution in [0.25, 0.3) is 0 Å². The van der Waals surface area contributed by atoms with Gasteiger partial charge in [0.2, 0.25) is 0 Å². The molecule has 2 amide bonds. The van der Waals surface area contributed by atoms with Crippen molar-refractivity contribution in [3.8, 4) is 0 Å². The van der Waals surface area contributed by atoms with Gasteiger partial charge in [0.05, 0.1) is 6.04 Å². The summed E-state index contributed by atoms with van der Waals surface area (Å²) in [7, 11) is 0. The lowest BCUT2D eigenvalue weighted by Crippen LogP contribution is -2.49. The average Bonchev–Trinajstić information content (AvgIpc) is 3.18. The second kappa shape index (κ2) is 7.50. The van der Waals surface area contributed by atoms with E-state index in [4.69, 9.17) is 0 Å². The summed E-state index contributed by atoms with van der Waals surface area (Å²) in [6.45, 7) is 13.5. The highest BCUT2D eigenvalue weighted by Crippen LogP contribution is 2.67. The van der Waals surface area contributed by atoms with Gasteiger partial charge in [0, 0.05) is 23.0 Å². The van der Waals surface area contributed by atoms with Gasteiger partial charge < -0.3 is 0 Å². The van der Waals surface area contributed by atoms with E-state index in [1.54, 1.807) is 4.90 Å². The maximum atomic E-state index is 12.8. The number of imide groups is 1. The second-order valence-corrected chi connectivity index (χ2v) is 8.31. The number of rotatable bonds is 7. The van der Waals surface area contributed by atoms with Gasteiger partial charge in [0.1, 0.15) is 0 Å². The fourth-order valence-corrected chi connectivity index (χ4v) is 6.72. The molecule has 1 aromatic carbocycles. The smallest absolute Gasteiger partial charge is 0.254 e. The number of amides is 2. The predicted molar refractivity (Wildman–Crippen MR) is 114 cm³/mol. The molecule has 1 heterocycles. The van der Waals surface area contributed by atoms with Crippen LogP contribution in [-0.4, -0.2) is 16.7 Å². The molecule has 152 valence electrons. The van der Waals surface area contributed by atoms with Crippen molar-refractivity contribution in [1.82, 2.24) is 4.90 Å². The number of carbonyl (C=O) groups excluding carboxylic acids is 2. The van der Waals surface area contributed by atoms with E-state index in [2.05, 4.69) is 53.7 Å². The first kappa shape index (κ1) is 20.8. The number of hydrogen-bond acceptors (Lipinski definition) is 2. The quantitative estimate of drug-likeness (QED) is 0.572. The van der Waals surface area contributed by atoms with E-state index in [0.717, 1.165) is 38.5 Å². The molecule has 1 aliphatic heterocycles. The van der Waals surface area contributed by atoms with Crippen LogP contribution in [0.5, 0.6) is 0 Å². The van der Waals surface area contributed by atoms with E-state index < -0.39 is 0 Å². The summed E-state index contributed by atoms with van der Waals surface area (Å²) in [4.78, 5) is 27.1. The molecule has 1 aliphatic carbocycles. The fraction of sp³-hybridized carbons (Fsp3) is 0.600.